The van der Waals surface area contributed by atoms with Crippen LogP contribution in [0.3, 0.4) is 0 Å². The maximum atomic E-state index is 11.4. The first-order chi connectivity index (χ1) is 10.9. The van der Waals surface area contributed by atoms with Crippen LogP contribution in [0.25, 0.3) is 0 Å². The second-order valence-corrected chi connectivity index (χ2v) is 6.93. The number of likely N-dealkylation sites (N-methyl/N-ethyl adjacent to an activating group) is 1. The van der Waals surface area contributed by atoms with Gasteiger partial charge in [0.05, 0.1) is 5.56 Å². The number of carboxylic acids is 1. The standard InChI is InChI=1S/C18H17Cl2NO2/c1-10-3-4-11(5-13(10)18(22)23)15-8-21(2)9-16-14(15)6-12(19)7-17(16)20/h3-7,15H,8-9H2,1-2H3,(H,22,23). The lowest BCUT2D eigenvalue weighted by atomic mass is 9.83. The molecule has 1 N–H and O–H groups in total. The number of benzene rings is 2. The number of rotatable bonds is 2. The third-order valence-corrected chi connectivity index (χ3v) is 4.94. The number of nitrogens with zero attached hydrogens (tertiary/aromatic N) is 1. The second-order valence-electron chi connectivity index (χ2n) is 6.08. The Morgan fingerprint density at radius 1 is 1.26 bits per heavy atom. The Balaban J connectivity index is 2.15. The number of carboxylic acid groups (broad SMARTS) is 1. The largest absolute Gasteiger partial charge is 0.478 e. The molecule has 0 bridgehead atoms. The number of aryl methyl sites for hydroxylation is 1. The summed E-state index contributed by atoms with van der Waals surface area (Å²) in [7, 11) is 2.03. The fourth-order valence-corrected chi connectivity index (χ4v) is 3.79. The molecule has 5 heteroatoms. The van der Waals surface area contributed by atoms with Crippen LogP contribution in [0.2, 0.25) is 10.0 Å². The molecule has 3 nitrogen and oxygen atoms in total. The summed E-state index contributed by atoms with van der Waals surface area (Å²) < 4.78 is 0. The lowest BCUT2D eigenvalue weighted by Crippen LogP contribution is -2.31. The van der Waals surface area contributed by atoms with Gasteiger partial charge in [-0.2, -0.15) is 0 Å². The smallest absolute Gasteiger partial charge is 0.335 e. The minimum absolute atomic E-state index is 0.0543. The Kier molecular flexibility index (Phi) is 4.37. The highest BCUT2D eigenvalue weighted by molar-refractivity contribution is 6.35. The first kappa shape index (κ1) is 16.3. The molecule has 0 saturated heterocycles. The van der Waals surface area contributed by atoms with Gasteiger partial charge >= 0.3 is 5.97 Å². The summed E-state index contributed by atoms with van der Waals surface area (Å²) in [5.74, 6) is -0.850. The summed E-state index contributed by atoms with van der Waals surface area (Å²) in [6, 6.07) is 9.32. The fraction of sp³-hybridized carbons (Fsp3) is 0.278. The van der Waals surface area contributed by atoms with Crippen molar-refractivity contribution in [1.29, 1.82) is 0 Å². The quantitative estimate of drug-likeness (QED) is 0.862. The minimum atomic E-state index is -0.905. The Hall–Kier alpha value is -1.55. The average molecular weight is 350 g/mol. The number of halogens is 2. The molecular weight excluding hydrogens is 333 g/mol. The first-order valence-electron chi connectivity index (χ1n) is 7.37. The summed E-state index contributed by atoms with van der Waals surface area (Å²) in [5.41, 5.74) is 4.22. The highest BCUT2D eigenvalue weighted by Gasteiger charge is 2.27. The van der Waals surface area contributed by atoms with Crippen molar-refractivity contribution >= 4 is 29.2 Å². The van der Waals surface area contributed by atoms with Crippen molar-refractivity contribution in [2.75, 3.05) is 13.6 Å². The molecule has 1 atom stereocenters. The number of carbonyl (C=O) groups is 1. The van der Waals surface area contributed by atoms with Gasteiger partial charge in [0.1, 0.15) is 0 Å². The Morgan fingerprint density at radius 2 is 2.00 bits per heavy atom. The van der Waals surface area contributed by atoms with Crippen LogP contribution in [0.1, 0.15) is 38.5 Å². The number of aromatic carboxylic acids is 1. The lowest BCUT2D eigenvalue weighted by Gasteiger charge is -2.33. The van der Waals surface area contributed by atoms with E-state index in [-0.39, 0.29) is 5.92 Å². The van der Waals surface area contributed by atoms with E-state index < -0.39 is 5.97 Å². The molecule has 0 saturated carbocycles. The molecule has 0 fully saturated rings. The third-order valence-electron chi connectivity index (χ3n) is 4.39. The molecule has 0 radical (unpaired) electrons. The summed E-state index contributed by atoms with van der Waals surface area (Å²) >= 11 is 12.6. The van der Waals surface area contributed by atoms with Crippen LogP contribution in [0.5, 0.6) is 0 Å². The molecule has 2 aromatic rings. The van der Waals surface area contributed by atoms with E-state index in [0.29, 0.717) is 15.6 Å². The normalized spacial score (nSPS) is 17.8. The summed E-state index contributed by atoms with van der Waals surface area (Å²) in [6.45, 7) is 3.37. The number of fused-ring (bicyclic) bond motifs is 1. The first-order valence-corrected chi connectivity index (χ1v) is 8.12. The Morgan fingerprint density at radius 3 is 2.70 bits per heavy atom. The molecule has 1 aliphatic rings. The van der Waals surface area contributed by atoms with Gasteiger partial charge < -0.3 is 10.0 Å². The van der Waals surface area contributed by atoms with Crippen LogP contribution in [-0.4, -0.2) is 29.6 Å². The number of hydrogen-bond acceptors (Lipinski definition) is 2. The molecule has 0 amide bonds. The molecule has 2 aromatic carbocycles. The zero-order valence-corrected chi connectivity index (χ0v) is 14.4. The van der Waals surface area contributed by atoms with Gasteiger partial charge in [-0.15, -0.1) is 0 Å². The Labute approximate surface area is 145 Å². The van der Waals surface area contributed by atoms with Crippen LogP contribution < -0.4 is 0 Å². The molecule has 23 heavy (non-hydrogen) atoms. The van der Waals surface area contributed by atoms with Gasteiger partial charge in [0.2, 0.25) is 0 Å². The monoisotopic (exact) mass is 349 g/mol. The Bertz CT molecular complexity index is 789. The van der Waals surface area contributed by atoms with Crippen LogP contribution in [0.4, 0.5) is 0 Å². The van der Waals surface area contributed by atoms with Gasteiger partial charge in [0, 0.05) is 29.1 Å². The molecule has 0 aromatic heterocycles. The minimum Gasteiger partial charge on any atom is -0.478 e. The van der Waals surface area contributed by atoms with E-state index in [2.05, 4.69) is 4.90 Å². The summed E-state index contributed by atoms with van der Waals surface area (Å²) in [5, 5.41) is 10.6. The van der Waals surface area contributed by atoms with E-state index >= 15 is 0 Å². The zero-order valence-electron chi connectivity index (χ0n) is 12.9. The van der Waals surface area contributed by atoms with Crippen molar-refractivity contribution in [3.63, 3.8) is 0 Å². The molecule has 1 unspecified atom stereocenters. The van der Waals surface area contributed by atoms with Crippen LogP contribution in [-0.2, 0) is 6.54 Å². The SMILES string of the molecule is Cc1ccc(C2CN(C)Cc3c(Cl)cc(Cl)cc32)cc1C(=O)O. The molecule has 3 rings (SSSR count). The second kappa shape index (κ2) is 6.16. The predicted octanol–water partition coefficient (Wildman–Crippen LogP) is 4.58. The van der Waals surface area contributed by atoms with Gasteiger partial charge in [-0.3, -0.25) is 0 Å². The van der Waals surface area contributed by atoms with Gasteiger partial charge in [-0.1, -0.05) is 35.3 Å². The van der Waals surface area contributed by atoms with Gasteiger partial charge in [-0.25, -0.2) is 4.79 Å². The molecule has 0 spiro atoms. The molecule has 120 valence electrons. The molecule has 0 aliphatic carbocycles. The summed E-state index contributed by atoms with van der Waals surface area (Å²) in [4.78, 5) is 13.6. The number of hydrogen-bond donors (Lipinski definition) is 1. The van der Waals surface area contributed by atoms with Gasteiger partial charge in [0.15, 0.2) is 0 Å². The molecule has 1 heterocycles. The maximum absolute atomic E-state index is 11.4. The highest BCUT2D eigenvalue weighted by Crippen LogP contribution is 2.38. The van der Waals surface area contributed by atoms with E-state index in [9.17, 15) is 9.90 Å². The van der Waals surface area contributed by atoms with Crippen molar-refractivity contribution < 1.29 is 9.90 Å². The van der Waals surface area contributed by atoms with Crippen molar-refractivity contribution in [3.8, 4) is 0 Å². The van der Waals surface area contributed by atoms with E-state index in [1.165, 1.54) is 0 Å². The van der Waals surface area contributed by atoms with Crippen molar-refractivity contribution in [3.05, 3.63) is 68.2 Å². The van der Waals surface area contributed by atoms with Crippen LogP contribution in [0, 0.1) is 6.92 Å². The van der Waals surface area contributed by atoms with Crippen LogP contribution >= 0.6 is 23.2 Å². The maximum Gasteiger partial charge on any atom is 0.335 e. The molecule has 1 aliphatic heterocycles. The average Bonchev–Trinajstić information content (AvgIpc) is 2.48. The fourth-order valence-electron chi connectivity index (χ4n) is 3.22. The topological polar surface area (TPSA) is 40.5 Å². The highest BCUT2D eigenvalue weighted by atomic mass is 35.5. The lowest BCUT2D eigenvalue weighted by molar-refractivity contribution is 0.0696. The van der Waals surface area contributed by atoms with E-state index in [1.54, 1.807) is 12.1 Å². The van der Waals surface area contributed by atoms with E-state index in [4.69, 9.17) is 23.2 Å². The van der Waals surface area contributed by atoms with Gasteiger partial charge in [0.25, 0.3) is 0 Å². The summed E-state index contributed by atoms with van der Waals surface area (Å²) in [6.07, 6.45) is 0. The third kappa shape index (κ3) is 3.09. The van der Waals surface area contributed by atoms with Crippen molar-refractivity contribution in [1.82, 2.24) is 4.90 Å². The predicted molar refractivity (Wildman–Crippen MR) is 92.8 cm³/mol. The van der Waals surface area contributed by atoms with Crippen molar-refractivity contribution in [2.24, 2.45) is 0 Å². The van der Waals surface area contributed by atoms with Crippen LogP contribution in [0.15, 0.2) is 30.3 Å². The van der Waals surface area contributed by atoms with Crippen molar-refractivity contribution in [2.45, 2.75) is 19.4 Å². The molecular formula is C18H17Cl2NO2. The van der Waals surface area contributed by atoms with Gasteiger partial charge in [-0.05, 0) is 54.4 Å². The van der Waals surface area contributed by atoms with E-state index in [0.717, 1.165) is 35.3 Å². The van der Waals surface area contributed by atoms with E-state index in [1.807, 2.05) is 32.2 Å². The zero-order chi connectivity index (χ0) is 16.7.